The third-order valence-electron chi connectivity index (χ3n) is 3.53. The lowest BCUT2D eigenvalue weighted by atomic mass is 10.1. The molecule has 0 radical (unpaired) electrons. The Balaban J connectivity index is 2.73. The van der Waals surface area contributed by atoms with Gasteiger partial charge in [0.05, 0.1) is 11.6 Å². The molecule has 0 saturated heterocycles. The molecule has 3 heteroatoms. The van der Waals surface area contributed by atoms with Gasteiger partial charge in [0, 0.05) is 11.6 Å². The van der Waals surface area contributed by atoms with Crippen molar-refractivity contribution in [2.24, 2.45) is 0 Å². The van der Waals surface area contributed by atoms with Gasteiger partial charge in [-0.1, -0.05) is 44.0 Å². The molecule has 0 amide bonds. The third-order valence-corrected chi connectivity index (χ3v) is 3.86. The summed E-state index contributed by atoms with van der Waals surface area (Å²) in [6, 6.07) is 7.72. The average molecular weight is 282 g/mol. The van der Waals surface area contributed by atoms with Gasteiger partial charge in [-0.25, -0.2) is 0 Å². The van der Waals surface area contributed by atoms with Gasteiger partial charge in [-0.15, -0.1) is 0 Å². The summed E-state index contributed by atoms with van der Waals surface area (Å²) in [6.45, 7) is 7.93. The van der Waals surface area contributed by atoms with Crippen molar-refractivity contribution >= 4 is 17.4 Å². The van der Waals surface area contributed by atoms with Crippen LogP contribution in [0.2, 0.25) is 5.02 Å². The van der Waals surface area contributed by atoms with Crippen molar-refractivity contribution in [1.82, 2.24) is 4.90 Å². The molecule has 19 heavy (non-hydrogen) atoms. The Morgan fingerprint density at radius 3 is 2.58 bits per heavy atom. The zero-order valence-electron chi connectivity index (χ0n) is 12.2. The van der Waals surface area contributed by atoms with Crippen LogP contribution in [0.1, 0.15) is 50.4 Å². The Hall–Kier alpha value is -0.860. The Morgan fingerprint density at radius 2 is 2.00 bits per heavy atom. The van der Waals surface area contributed by atoms with E-state index in [1.807, 2.05) is 12.1 Å². The summed E-state index contributed by atoms with van der Waals surface area (Å²) in [6.07, 6.45) is 3.33. The van der Waals surface area contributed by atoms with Crippen LogP contribution in [0.3, 0.4) is 0 Å². The summed E-state index contributed by atoms with van der Waals surface area (Å²) in [5.41, 5.74) is 0.633. The molecule has 1 rings (SSSR count). The Labute approximate surface area is 121 Å². The summed E-state index contributed by atoms with van der Waals surface area (Å²) < 4.78 is 0. The number of benzene rings is 1. The van der Waals surface area contributed by atoms with E-state index in [2.05, 4.69) is 25.7 Å². The number of carbonyl (C=O) groups excluding carboxylic acids is 1. The summed E-state index contributed by atoms with van der Waals surface area (Å²) in [5.74, 6) is 0.113. The second-order valence-electron chi connectivity index (χ2n) is 4.98. The fraction of sp³-hybridized carbons (Fsp3) is 0.562. The molecule has 1 aromatic rings. The predicted molar refractivity (Wildman–Crippen MR) is 82.0 cm³/mol. The minimum Gasteiger partial charge on any atom is -0.293 e. The maximum absolute atomic E-state index is 12.3. The lowest BCUT2D eigenvalue weighted by molar-refractivity contribution is 0.0894. The number of hydrogen-bond donors (Lipinski definition) is 0. The summed E-state index contributed by atoms with van der Waals surface area (Å²) in [4.78, 5) is 14.6. The molecule has 0 heterocycles. The first-order valence-corrected chi connectivity index (χ1v) is 7.49. The van der Waals surface area contributed by atoms with Crippen molar-refractivity contribution in [1.29, 1.82) is 0 Å². The Kier molecular flexibility index (Phi) is 7.11. The van der Waals surface area contributed by atoms with Gasteiger partial charge in [-0.05, 0) is 38.4 Å². The number of Topliss-reactive ketones (excluding diaryl/α,β-unsaturated/α-hetero) is 1. The molecule has 0 saturated carbocycles. The minimum atomic E-state index is 0.113. The zero-order chi connectivity index (χ0) is 14.3. The first-order valence-electron chi connectivity index (χ1n) is 7.11. The van der Waals surface area contributed by atoms with Crippen molar-refractivity contribution in [3.05, 3.63) is 34.9 Å². The molecule has 0 N–H and O–H groups in total. The molecule has 1 unspecified atom stereocenters. The summed E-state index contributed by atoms with van der Waals surface area (Å²) >= 11 is 6.08. The van der Waals surface area contributed by atoms with Crippen LogP contribution in [0, 0.1) is 0 Å². The van der Waals surface area contributed by atoms with E-state index in [4.69, 9.17) is 11.6 Å². The van der Waals surface area contributed by atoms with Gasteiger partial charge in [-0.3, -0.25) is 9.69 Å². The van der Waals surface area contributed by atoms with E-state index >= 15 is 0 Å². The average Bonchev–Trinajstić information content (AvgIpc) is 2.42. The van der Waals surface area contributed by atoms with Gasteiger partial charge in [0.1, 0.15) is 0 Å². The summed E-state index contributed by atoms with van der Waals surface area (Å²) in [7, 11) is 0. The Bertz CT molecular complexity index is 405. The number of halogens is 1. The monoisotopic (exact) mass is 281 g/mol. The maximum atomic E-state index is 12.3. The van der Waals surface area contributed by atoms with E-state index in [9.17, 15) is 4.79 Å². The SMILES string of the molecule is CCCCN(CC(=O)c1ccccc1Cl)C(C)CC. The molecule has 0 aliphatic carbocycles. The molecule has 2 nitrogen and oxygen atoms in total. The van der Waals surface area contributed by atoms with E-state index in [1.165, 1.54) is 0 Å². The van der Waals surface area contributed by atoms with Crippen LogP contribution < -0.4 is 0 Å². The molecule has 0 aromatic heterocycles. The van der Waals surface area contributed by atoms with E-state index in [0.717, 1.165) is 25.8 Å². The fourth-order valence-corrected chi connectivity index (χ4v) is 2.27. The van der Waals surface area contributed by atoms with Crippen LogP contribution in [-0.2, 0) is 0 Å². The lowest BCUT2D eigenvalue weighted by Crippen LogP contribution is -2.37. The minimum absolute atomic E-state index is 0.113. The first kappa shape index (κ1) is 16.2. The number of nitrogens with zero attached hydrogens (tertiary/aromatic N) is 1. The maximum Gasteiger partial charge on any atom is 0.178 e. The number of unbranched alkanes of at least 4 members (excludes halogenated alkanes) is 1. The van der Waals surface area contributed by atoms with Crippen LogP contribution in [-0.4, -0.2) is 29.8 Å². The zero-order valence-corrected chi connectivity index (χ0v) is 12.9. The smallest absolute Gasteiger partial charge is 0.178 e. The highest BCUT2D eigenvalue weighted by Crippen LogP contribution is 2.17. The quantitative estimate of drug-likeness (QED) is 0.657. The molecule has 1 atom stereocenters. The van der Waals surface area contributed by atoms with Crippen LogP contribution in [0.4, 0.5) is 0 Å². The van der Waals surface area contributed by atoms with E-state index in [0.29, 0.717) is 23.2 Å². The second-order valence-corrected chi connectivity index (χ2v) is 5.39. The molecule has 106 valence electrons. The molecule has 0 spiro atoms. The van der Waals surface area contributed by atoms with Crippen molar-refractivity contribution in [3.8, 4) is 0 Å². The fourth-order valence-electron chi connectivity index (χ4n) is 2.03. The predicted octanol–water partition coefficient (Wildman–Crippen LogP) is 4.42. The van der Waals surface area contributed by atoms with Gasteiger partial charge in [0.15, 0.2) is 5.78 Å². The standard InChI is InChI=1S/C16H24ClNO/c1-4-6-11-18(13(3)5-2)12-16(19)14-9-7-8-10-15(14)17/h7-10,13H,4-6,11-12H2,1-3H3. The van der Waals surface area contributed by atoms with Crippen molar-refractivity contribution in [3.63, 3.8) is 0 Å². The third kappa shape index (κ3) is 4.96. The molecule has 0 fully saturated rings. The number of rotatable bonds is 8. The van der Waals surface area contributed by atoms with Crippen molar-refractivity contribution in [2.75, 3.05) is 13.1 Å². The van der Waals surface area contributed by atoms with Gasteiger partial charge in [-0.2, -0.15) is 0 Å². The number of ketones is 1. The van der Waals surface area contributed by atoms with Crippen LogP contribution >= 0.6 is 11.6 Å². The largest absolute Gasteiger partial charge is 0.293 e. The van der Waals surface area contributed by atoms with Crippen molar-refractivity contribution in [2.45, 2.75) is 46.1 Å². The van der Waals surface area contributed by atoms with Gasteiger partial charge >= 0.3 is 0 Å². The molecular weight excluding hydrogens is 258 g/mol. The van der Waals surface area contributed by atoms with Crippen LogP contribution in [0.5, 0.6) is 0 Å². The molecule has 0 bridgehead atoms. The van der Waals surface area contributed by atoms with E-state index in [1.54, 1.807) is 12.1 Å². The molecule has 0 aliphatic heterocycles. The molecular formula is C16H24ClNO. The highest BCUT2D eigenvalue weighted by molar-refractivity contribution is 6.34. The topological polar surface area (TPSA) is 20.3 Å². The van der Waals surface area contributed by atoms with Crippen molar-refractivity contribution < 1.29 is 4.79 Å². The van der Waals surface area contributed by atoms with E-state index < -0.39 is 0 Å². The van der Waals surface area contributed by atoms with Crippen LogP contribution in [0.15, 0.2) is 24.3 Å². The highest BCUT2D eigenvalue weighted by atomic mass is 35.5. The molecule has 0 aliphatic rings. The van der Waals surface area contributed by atoms with Gasteiger partial charge in [0.25, 0.3) is 0 Å². The molecule has 1 aromatic carbocycles. The Morgan fingerprint density at radius 1 is 1.32 bits per heavy atom. The van der Waals surface area contributed by atoms with Crippen LogP contribution in [0.25, 0.3) is 0 Å². The highest BCUT2D eigenvalue weighted by Gasteiger charge is 2.17. The van der Waals surface area contributed by atoms with E-state index in [-0.39, 0.29) is 5.78 Å². The number of carbonyl (C=O) groups is 1. The van der Waals surface area contributed by atoms with Gasteiger partial charge < -0.3 is 0 Å². The second kappa shape index (κ2) is 8.34. The normalized spacial score (nSPS) is 12.7. The summed E-state index contributed by atoms with van der Waals surface area (Å²) in [5, 5.41) is 0.548. The number of hydrogen-bond acceptors (Lipinski definition) is 2. The lowest BCUT2D eigenvalue weighted by Gasteiger charge is -2.27. The van der Waals surface area contributed by atoms with Gasteiger partial charge in [0.2, 0.25) is 0 Å². The first-order chi connectivity index (χ1) is 9.10.